The molecule has 5 fully saturated rings. The number of anilines is 1. The van der Waals surface area contributed by atoms with Gasteiger partial charge in [0.2, 0.25) is 5.91 Å². The Labute approximate surface area is 182 Å². The third kappa shape index (κ3) is 3.85. The molecular formula is C23H29N3O3S. The Morgan fingerprint density at radius 3 is 2.30 bits per heavy atom. The molecular weight excluding hydrogens is 398 g/mol. The molecule has 0 spiro atoms. The number of ether oxygens (including phenoxy) is 1. The zero-order valence-corrected chi connectivity index (χ0v) is 18.0. The molecule has 160 valence electrons. The summed E-state index contributed by atoms with van der Waals surface area (Å²) in [6, 6.07) is 7.29. The van der Waals surface area contributed by atoms with Crippen LogP contribution < -0.4 is 10.6 Å². The first-order valence-electron chi connectivity index (χ1n) is 11.1. The summed E-state index contributed by atoms with van der Waals surface area (Å²) in [5.74, 6) is 2.22. The molecule has 4 aliphatic carbocycles. The van der Waals surface area contributed by atoms with Gasteiger partial charge in [-0.25, -0.2) is 0 Å². The molecule has 30 heavy (non-hydrogen) atoms. The lowest BCUT2D eigenvalue weighted by Crippen LogP contribution is -2.55. The van der Waals surface area contributed by atoms with Crippen LogP contribution in [0.1, 0.15) is 48.9 Å². The van der Waals surface area contributed by atoms with E-state index in [0.717, 1.165) is 19.3 Å². The van der Waals surface area contributed by atoms with E-state index < -0.39 is 0 Å². The largest absolute Gasteiger partial charge is 0.378 e. The lowest BCUT2D eigenvalue weighted by molar-refractivity contribution is -0.144. The number of morpholine rings is 1. The third-order valence-electron chi connectivity index (χ3n) is 7.41. The Kier molecular flexibility index (Phi) is 5.27. The van der Waals surface area contributed by atoms with Crippen molar-refractivity contribution in [2.75, 3.05) is 31.6 Å². The second kappa shape index (κ2) is 7.93. The van der Waals surface area contributed by atoms with Gasteiger partial charge in [-0.3, -0.25) is 9.59 Å². The van der Waals surface area contributed by atoms with Crippen molar-refractivity contribution in [2.24, 2.45) is 23.2 Å². The molecule has 0 unspecified atom stereocenters. The summed E-state index contributed by atoms with van der Waals surface area (Å²) < 4.78 is 5.32. The molecule has 1 aromatic carbocycles. The number of carbonyl (C=O) groups is 2. The molecule has 1 saturated heterocycles. The predicted molar refractivity (Wildman–Crippen MR) is 118 cm³/mol. The highest BCUT2D eigenvalue weighted by atomic mass is 32.1. The number of benzene rings is 1. The number of hydrogen-bond donors (Lipinski definition) is 2. The summed E-state index contributed by atoms with van der Waals surface area (Å²) in [4.78, 5) is 27.7. The molecule has 5 aliphatic rings. The first kappa shape index (κ1) is 19.9. The van der Waals surface area contributed by atoms with Crippen molar-refractivity contribution in [3.05, 3.63) is 29.8 Å². The van der Waals surface area contributed by atoms with Crippen molar-refractivity contribution in [1.82, 2.24) is 10.2 Å². The van der Waals surface area contributed by atoms with Crippen LogP contribution in [-0.2, 0) is 9.53 Å². The predicted octanol–water partition coefficient (Wildman–Crippen LogP) is 3.19. The van der Waals surface area contributed by atoms with E-state index in [4.69, 9.17) is 17.0 Å². The standard InChI is InChI=1S/C23H29N3O3S/c27-20(26-4-6-29-7-5-26)18-2-1-3-19(11-18)24-22(30)25-21(28)23-12-15-8-16(13-23)10-17(9-15)14-23/h1-3,11,15-17H,4-10,12-14H2,(H2,24,25,28,30). The number of amides is 2. The van der Waals surface area contributed by atoms with E-state index >= 15 is 0 Å². The van der Waals surface area contributed by atoms with Crippen LogP contribution >= 0.6 is 12.2 Å². The summed E-state index contributed by atoms with van der Waals surface area (Å²) in [6.45, 7) is 2.36. The Hall–Kier alpha value is -1.99. The van der Waals surface area contributed by atoms with Gasteiger partial charge in [0.05, 0.1) is 18.6 Å². The highest BCUT2D eigenvalue weighted by Gasteiger charge is 2.54. The van der Waals surface area contributed by atoms with Crippen LogP contribution in [-0.4, -0.2) is 48.1 Å². The van der Waals surface area contributed by atoms with Gasteiger partial charge in [0, 0.05) is 24.3 Å². The van der Waals surface area contributed by atoms with Gasteiger partial charge in [0.1, 0.15) is 0 Å². The lowest BCUT2D eigenvalue weighted by atomic mass is 9.49. The summed E-state index contributed by atoms with van der Waals surface area (Å²) in [6.07, 6.45) is 6.95. The van der Waals surface area contributed by atoms with Crippen LogP contribution in [0.3, 0.4) is 0 Å². The maximum absolute atomic E-state index is 13.2. The first-order valence-corrected chi connectivity index (χ1v) is 11.5. The molecule has 4 bridgehead atoms. The van der Waals surface area contributed by atoms with Crippen LogP contribution in [0, 0.1) is 23.2 Å². The topological polar surface area (TPSA) is 70.7 Å². The van der Waals surface area contributed by atoms with Gasteiger partial charge in [0.15, 0.2) is 5.11 Å². The minimum Gasteiger partial charge on any atom is -0.378 e. The second-order valence-corrected chi connectivity index (χ2v) is 10.00. The molecule has 6 rings (SSSR count). The van der Waals surface area contributed by atoms with Crippen molar-refractivity contribution in [2.45, 2.75) is 38.5 Å². The van der Waals surface area contributed by atoms with Gasteiger partial charge in [-0.1, -0.05) is 6.07 Å². The number of carbonyl (C=O) groups excluding carboxylic acids is 2. The summed E-state index contributed by atoms with van der Waals surface area (Å²) in [5.41, 5.74) is 1.09. The summed E-state index contributed by atoms with van der Waals surface area (Å²) >= 11 is 5.45. The molecule has 0 aromatic heterocycles. The minimum atomic E-state index is -0.228. The molecule has 6 nitrogen and oxygen atoms in total. The van der Waals surface area contributed by atoms with Gasteiger partial charge in [0.25, 0.3) is 5.91 Å². The zero-order chi connectivity index (χ0) is 20.7. The van der Waals surface area contributed by atoms with Gasteiger partial charge in [-0.2, -0.15) is 0 Å². The van der Waals surface area contributed by atoms with E-state index in [1.807, 2.05) is 12.1 Å². The molecule has 4 saturated carbocycles. The molecule has 0 radical (unpaired) electrons. The van der Waals surface area contributed by atoms with E-state index in [-0.39, 0.29) is 17.2 Å². The average molecular weight is 428 g/mol. The van der Waals surface area contributed by atoms with E-state index in [9.17, 15) is 9.59 Å². The number of hydrogen-bond acceptors (Lipinski definition) is 4. The second-order valence-electron chi connectivity index (χ2n) is 9.59. The summed E-state index contributed by atoms with van der Waals surface area (Å²) in [7, 11) is 0. The molecule has 1 heterocycles. The number of rotatable bonds is 3. The Balaban J connectivity index is 1.22. The van der Waals surface area contributed by atoms with Gasteiger partial charge in [-0.05, 0) is 86.7 Å². The SMILES string of the molecule is O=C(c1cccc(NC(=S)NC(=O)C23CC4CC(CC(C4)C2)C3)c1)N1CCOCC1. The van der Waals surface area contributed by atoms with E-state index in [1.165, 1.54) is 19.3 Å². The smallest absolute Gasteiger partial charge is 0.254 e. The van der Waals surface area contributed by atoms with Crippen LogP contribution in [0.4, 0.5) is 5.69 Å². The van der Waals surface area contributed by atoms with Gasteiger partial charge in [-0.15, -0.1) is 0 Å². The lowest BCUT2D eigenvalue weighted by Gasteiger charge is -2.55. The Morgan fingerprint density at radius 1 is 1.03 bits per heavy atom. The highest BCUT2D eigenvalue weighted by Crippen LogP contribution is 2.60. The van der Waals surface area contributed by atoms with Crippen molar-refractivity contribution in [1.29, 1.82) is 0 Å². The highest BCUT2D eigenvalue weighted by molar-refractivity contribution is 7.80. The van der Waals surface area contributed by atoms with E-state index in [1.54, 1.807) is 17.0 Å². The normalized spacial score (nSPS) is 32.0. The Morgan fingerprint density at radius 2 is 1.67 bits per heavy atom. The van der Waals surface area contributed by atoms with E-state index in [0.29, 0.717) is 60.4 Å². The first-order chi connectivity index (χ1) is 14.5. The molecule has 2 N–H and O–H groups in total. The van der Waals surface area contributed by atoms with Crippen molar-refractivity contribution < 1.29 is 14.3 Å². The number of nitrogens with one attached hydrogen (secondary N) is 2. The maximum Gasteiger partial charge on any atom is 0.254 e. The van der Waals surface area contributed by atoms with E-state index in [2.05, 4.69) is 10.6 Å². The van der Waals surface area contributed by atoms with Crippen molar-refractivity contribution in [3.63, 3.8) is 0 Å². The fourth-order valence-corrected chi connectivity index (χ4v) is 6.68. The third-order valence-corrected chi connectivity index (χ3v) is 7.62. The fraction of sp³-hybridized carbons (Fsp3) is 0.609. The van der Waals surface area contributed by atoms with Crippen LogP contribution in [0.5, 0.6) is 0 Å². The molecule has 2 amide bonds. The maximum atomic E-state index is 13.2. The molecule has 1 aliphatic heterocycles. The quantitative estimate of drug-likeness (QED) is 0.725. The fourth-order valence-electron chi connectivity index (χ4n) is 6.47. The molecule has 1 aromatic rings. The van der Waals surface area contributed by atoms with Crippen molar-refractivity contribution in [3.8, 4) is 0 Å². The Bertz CT molecular complexity index is 830. The average Bonchev–Trinajstić information content (AvgIpc) is 2.73. The summed E-state index contributed by atoms with van der Waals surface area (Å²) in [5, 5.41) is 6.39. The molecule has 0 atom stereocenters. The number of nitrogens with zero attached hydrogens (tertiary/aromatic N) is 1. The number of thiocarbonyl (C=S) groups is 1. The van der Waals surface area contributed by atoms with Crippen LogP contribution in [0.25, 0.3) is 0 Å². The minimum absolute atomic E-state index is 0.00882. The molecule has 7 heteroatoms. The van der Waals surface area contributed by atoms with Gasteiger partial charge >= 0.3 is 0 Å². The van der Waals surface area contributed by atoms with Gasteiger partial charge < -0.3 is 20.3 Å². The zero-order valence-electron chi connectivity index (χ0n) is 17.2. The van der Waals surface area contributed by atoms with Crippen LogP contribution in [0.2, 0.25) is 0 Å². The van der Waals surface area contributed by atoms with Crippen molar-refractivity contribution >= 4 is 34.8 Å². The monoisotopic (exact) mass is 427 g/mol. The van der Waals surface area contributed by atoms with Crippen LogP contribution in [0.15, 0.2) is 24.3 Å².